The van der Waals surface area contributed by atoms with Crippen molar-refractivity contribution in [3.63, 3.8) is 0 Å². The Morgan fingerprint density at radius 1 is 1.36 bits per heavy atom. The molecule has 0 unspecified atom stereocenters. The van der Waals surface area contributed by atoms with Crippen LogP contribution in [-0.2, 0) is 20.9 Å². The van der Waals surface area contributed by atoms with Gasteiger partial charge in [-0.25, -0.2) is 4.98 Å². The molecule has 0 radical (unpaired) electrons. The van der Waals surface area contributed by atoms with E-state index in [2.05, 4.69) is 4.98 Å². The van der Waals surface area contributed by atoms with Gasteiger partial charge in [0.2, 0.25) is 0 Å². The molecule has 1 aromatic carbocycles. The zero-order valence-electron chi connectivity index (χ0n) is 11.8. The van der Waals surface area contributed by atoms with Crippen LogP contribution in [0.4, 0.5) is 0 Å². The Kier molecular flexibility index (Phi) is 5.16. The normalized spacial score (nSPS) is 10.6. The van der Waals surface area contributed by atoms with Gasteiger partial charge in [-0.1, -0.05) is 23.9 Å². The van der Waals surface area contributed by atoms with E-state index in [1.807, 2.05) is 0 Å². The van der Waals surface area contributed by atoms with Crippen molar-refractivity contribution >= 4 is 34.6 Å². The number of aliphatic carboxylic acids is 1. The van der Waals surface area contributed by atoms with Crippen molar-refractivity contribution < 1.29 is 19.4 Å². The molecule has 2 aromatic rings. The zero-order chi connectivity index (χ0) is 16.1. The van der Waals surface area contributed by atoms with Gasteiger partial charge in [0.25, 0.3) is 5.56 Å². The number of benzene rings is 1. The highest BCUT2D eigenvalue weighted by Crippen LogP contribution is 2.17. The first-order chi connectivity index (χ1) is 10.5. The molecule has 0 atom stereocenters. The van der Waals surface area contributed by atoms with Gasteiger partial charge < -0.3 is 9.84 Å². The second-order valence-electron chi connectivity index (χ2n) is 4.29. The number of aromatic nitrogens is 2. The summed E-state index contributed by atoms with van der Waals surface area (Å²) in [5, 5.41) is 9.48. The first kappa shape index (κ1) is 16.0. The summed E-state index contributed by atoms with van der Waals surface area (Å²) in [4.78, 5) is 39.0. The average molecular weight is 322 g/mol. The van der Waals surface area contributed by atoms with E-state index in [4.69, 9.17) is 9.84 Å². The fourth-order valence-corrected chi connectivity index (χ4v) is 2.66. The minimum absolute atomic E-state index is 0.0434. The van der Waals surface area contributed by atoms with Crippen LogP contribution in [0, 0.1) is 0 Å². The van der Waals surface area contributed by atoms with E-state index in [1.54, 1.807) is 31.2 Å². The van der Waals surface area contributed by atoms with E-state index in [0.717, 1.165) is 16.3 Å². The quantitative estimate of drug-likeness (QED) is 0.483. The van der Waals surface area contributed by atoms with Crippen molar-refractivity contribution in [2.24, 2.45) is 0 Å². The maximum Gasteiger partial charge on any atom is 0.323 e. The summed E-state index contributed by atoms with van der Waals surface area (Å²) in [6.45, 7) is 1.44. The third-order valence-electron chi connectivity index (χ3n) is 2.74. The number of para-hydroxylation sites is 1. The highest BCUT2D eigenvalue weighted by molar-refractivity contribution is 7.99. The first-order valence-corrected chi connectivity index (χ1v) is 7.51. The lowest BCUT2D eigenvalue weighted by Crippen LogP contribution is -2.27. The molecule has 2 rings (SSSR count). The molecule has 0 aliphatic carbocycles. The van der Waals surface area contributed by atoms with Crippen LogP contribution < -0.4 is 5.56 Å². The highest BCUT2D eigenvalue weighted by Gasteiger charge is 2.15. The number of carboxylic acid groups (broad SMARTS) is 1. The van der Waals surface area contributed by atoms with E-state index >= 15 is 0 Å². The Morgan fingerprint density at radius 3 is 2.77 bits per heavy atom. The van der Waals surface area contributed by atoms with Crippen LogP contribution in [-0.4, -0.2) is 39.0 Å². The van der Waals surface area contributed by atoms with Gasteiger partial charge >= 0.3 is 11.9 Å². The van der Waals surface area contributed by atoms with Gasteiger partial charge in [0.15, 0.2) is 5.16 Å². The molecule has 0 fully saturated rings. The molecular weight excluding hydrogens is 308 g/mol. The van der Waals surface area contributed by atoms with Crippen LogP contribution in [0.5, 0.6) is 0 Å². The van der Waals surface area contributed by atoms with Gasteiger partial charge in [-0.2, -0.15) is 0 Å². The molecule has 8 heteroatoms. The molecule has 0 spiro atoms. The summed E-state index contributed by atoms with van der Waals surface area (Å²) in [7, 11) is 0. The fraction of sp³-hybridized carbons (Fsp3) is 0.286. The van der Waals surface area contributed by atoms with Crippen LogP contribution in [0.3, 0.4) is 0 Å². The predicted octanol–water partition coefficient (Wildman–Crippen LogP) is 1.14. The van der Waals surface area contributed by atoms with E-state index in [-0.39, 0.29) is 17.5 Å². The van der Waals surface area contributed by atoms with Crippen molar-refractivity contribution in [2.45, 2.75) is 18.6 Å². The van der Waals surface area contributed by atoms with Crippen LogP contribution in [0.2, 0.25) is 0 Å². The largest absolute Gasteiger partial charge is 0.480 e. The summed E-state index contributed by atoms with van der Waals surface area (Å²) in [6, 6.07) is 6.66. The van der Waals surface area contributed by atoms with Crippen LogP contribution in [0.1, 0.15) is 6.92 Å². The molecule has 0 bridgehead atoms. The van der Waals surface area contributed by atoms with E-state index in [0.29, 0.717) is 10.9 Å². The molecule has 1 heterocycles. The van der Waals surface area contributed by atoms with Crippen LogP contribution in [0.25, 0.3) is 10.9 Å². The van der Waals surface area contributed by atoms with Gasteiger partial charge in [0, 0.05) is 0 Å². The van der Waals surface area contributed by atoms with Crippen molar-refractivity contribution in [3.05, 3.63) is 34.6 Å². The highest BCUT2D eigenvalue weighted by atomic mass is 32.2. The summed E-state index contributed by atoms with van der Waals surface area (Å²) >= 11 is 0.980. The van der Waals surface area contributed by atoms with Gasteiger partial charge in [0.1, 0.15) is 6.54 Å². The second kappa shape index (κ2) is 7.08. The number of carboxylic acids is 1. The minimum atomic E-state index is -1.16. The molecule has 116 valence electrons. The topological polar surface area (TPSA) is 98.5 Å². The van der Waals surface area contributed by atoms with Crippen LogP contribution >= 0.6 is 11.8 Å². The molecule has 0 saturated heterocycles. The van der Waals surface area contributed by atoms with E-state index in [9.17, 15) is 14.4 Å². The molecule has 0 saturated carbocycles. The minimum Gasteiger partial charge on any atom is -0.480 e. The number of hydrogen-bond acceptors (Lipinski definition) is 6. The number of nitrogens with zero attached hydrogens (tertiary/aromatic N) is 2. The van der Waals surface area contributed by atoms with Gasteiger partial charge in [-0.3, -0.25) is 19.0 Å². The summed E-state index contributed by atoms with van der Waals surface area (Å²) in [6.07, 6.45) is 0. The summed E-state index contributed by atoms with van der Waals surface area (Å²) in [5.41, 5.74) is 0.0138. The van der Waals surface area contributed by atoms with Crippen molar-refractivity contribution in [1.29, 1.82) is 0 Å². The summed E-state index contributed by atoms with van der Waals surface area (Å²) < 4.78 is 5.86. The van der Waals surface area contributed by atoms with Crippen LogP contribution in [0.15, 0.2) is 34.2 Å². The Balaban J connectivity index is 2.43. The number of fused-ring (bicyclic) bond motifs is 1. The zero-order valence-corrected chi connectivity index (χ0v) is 12.6. The monoisotopic (exact) mass is 322 g/mol. The molecule has 0 aliphatic rings. The maximum atomic E-state index is 12.4. The lowest BCUT2D eigenvalue weighted by Gasteiger charge is -2.10. The number of carbonyl (C=O) groups excluding carboxylic acids is 1. The second-order valence-corrected chi connectivity index (χ2v) is 5.23. The smallest absolute Gasteiger partial charge is 0.323 e. The molecule has 0 aliphatic heterocycles. The molecule has 7 nitrogen and oxygen atoms in total. The number of ether oxygens (including phenoxy) is 1. The Morgan fingerprint density at radius 2 is 2.09 bits per heavy atom. The molecule has 0 amide bonds. The lowest BCUT2D eigenvalue weighted by molar-refractivity contribution is -0.140. The van der Waals surface area contributed by atoms with E-state index < -0.39 is 24.0 Å². The first-order valence-electron chi connectivity index (χ1n) is 6.52. The SMILES string of the molecule is CCOC(=O)CSc1nc2ccccc2c(=O)n1CC(=O)O. The van der Waals surface area contributed by atoms with Crippen molar-refractivity contribution in [1.82, 2.24) is 9.55 Å². The van der Waals surface area contributed by atoms with Gasteiger partial charge in [-0.05, 0) is 19.1 Å². The van der Waals surface area contributed by atoms with E-state index in [1.165, 1.54) is 0 Å². The third-order valence-corrected chi connectivity index (χ3v) is 3.69. The number of hydrogen-bond donors (Lipinski definition) is 1. The number of carbonyl (C=O) groups is 2. The average Bonchev–Trinajstić information content (AvgIpc) is 2.48. The molecule has 22 heavy (non-hydrogen) atoms. The van der Waals surface area contributed by atoms with Gasteiger partial charge in [0.05, 0.1) is 23.3 Å². The fourth-order valence-electron chi connectivity index (χ4n) is 1.86. The van der Waals surface area contributed by atoms with Gasteiger partial charge in [-0.15, -0.1) is 0 Å². The van der Waals surface area contributed by atoms with Crippen molar-refractivity contribution in [3.8, 4) is 0 Å². The molecular formula is C14H14N2O5S. The Hall–Kier alpha value is -2.35. The standard InChI is InChI=1S/C14H14N2O5S/c1-2-21-12(19)8-22-14-15-10-6-4-3-5-9(10)13(20)16(14)7-11(17)18/h3-6H,2,7-8H2,1H3,(H,17,18). The lowest BCUT2D eigenvalue weighted by atomic mass is 10.2. The number of esters is 1. The maximum absolute atomic E-state index is 12.4. The molecule has 1 aromatic heterocycles. The Labute approximate surface area is 129 Å². The number of rotatable bonds is 6. The third kappa shape index (κ3) is 3.64. The number of thioether (sulfide) groups is 1. The predicted molar refractivity (Wildman–Crippen MR) is 81.0 cm³/mol. The Bertz CT molecular complexity index is 771. The summed E-state index contributed by atoms with van der Waals surface area (Å²) in [5.74, 6) is -1.65. The van der Waals surface area contributed by atoms with Crippen molar-refractivity contribution in [2.75, 3.05) is 12.4 Å². The molecule has 1 N–H and O–H groups in total.